The zero-order valence-corrected chi connectivity index (χ0v) is 8.49. The molecule has 1 saturated heterocycles. The van der Waals surface area contributed by atoms with Gasteiger partial charge in [0.2, 0.25) is 5.91 Å². The van der Waals surface area contributed by atoms with E-state index in [-0.39, 0.29) is 18.3 Å². The van der Waals surface area contributed by atoms with Crippen LogP contribution in [0.4, 0.5) is 0 Å². The molecule has 1 aliphatic heterocycles. The van der Waals surface area contributed by atoms with E-state index in [1.54, 1.807) is 0 Å². The van der Waals surface area contributed by atoms with Crippen molar-refractivity contribution in [2.24, 2.45) is 0 Å². The minimum Gasteiger partial charge on any atom is -0.365 e. The number of carbonyl (C=O) groups excluding carboxylic acids is 1. The molecule has 0 bridgehead atoms. The summed E-state index contributed by atoms with van der Waals surface area (Å²) in [6.45, 7) is 2.92. The summed E-state index contributed by atoms with van der Waals surface area (Å²) < 4.78 is 0. The summed E-state index contributed by atoms with van der Waals surface area (Å²) in [6.07, 6.45) is 3.67. The van der Waals surface area contributed by atoms with Crippen LogP contribution < -0.4 is 5.32 Å². The first-order valence-electron chi connectivity index (χ1n) is 4.16. The number of halogens is 1. The van der Waals surface area contributed by atoms with Crippen molar-refractivity contribution in [3.8, 4) is 0 Å². The molecule has 1 aromatic heterocycles. The van der Waals surface area contributed by atoms with Crippen LogP contribution in [0.15, 0.2) is 18.3 Å². The number of aromatic amines is 1. The monoisotopic (exact) mass is 202 g/mol. The molecule has 2 rings (SSSR count). The molecular weight excluding hydrogens is 188 g/mol. The van der Waals surface area contributed by atoms with Crippen LogP contribution in [0.3, 0.4) is 0 Å². The number of rotatable bonds is 0. The van der Waals surface area contributed by atoms with Crippen LogP contribution in [0.5, 0.6) is 0 Å². The van der Waals surface area contributed by atoms with Gasteiger partial charge in [0.1, 0.15) is 0 Å². The number of aryl methyl sites for hydroxylation is 1. The van der Waals surface area contributed by atoms with Gasteiger partial charge in [0.05, 0.1) is 0 Å². The minimum absolute atomic E-state index is 0. The van der Waals surface area contributed by atoms with Gasteiger partial charge in [0.25, 0.3) is 0 Å². The molecule has 3 nitrogen and oxygen atoms in total. The van der Waals surface area contributed by atoms with E-state index in [4.69, 9.17) is 0 Å². The van der Waals surface area contributed by atoms with E-state index in [1.807, 2.05) is 25.3 Å². The molecule has 0 spiro atoms. The fourth-order valence-corrected chi connectivity index (χ4v) is 0.985. The highest BCUT2D eigenvalue weighted by atomic mass is 35.5. The van der Waals surface area contributed by atoms with Gasteiger partial charge in [0, 0.05) is 24.9 Å². The van der Waals surface area contributed by atoms with Gasteiger partial charge in [-0.15, -0.1) is 12.4 Å². The SMILES string of the molecule is Cc1ccc[nH]1.Cl.O=C1CCCN1. The van der Waals surface area contributed by atoms with Crippen LogP contribution in [0.2, 0.25) is 0 Å². The van der Waals surface area contributed by atoms with E-state index in [0.29, 0.717) is 0 Å². The summed E-state index contributed by atoms with van der Waals surface area (Å²) in [5.74, 6) is 0.204. The van der Waals surface area contributed by atoms with Gasteiger partial charge in [-0.1, -0.05) is 0 Å². The maximum atomic E-state index is 10.1. The second kappa shape index (κ2) is 6.54. The molecule has 0 radical (unpaired) electrons. The van der Waals surface area contributed by atoms with Gasteiger partial charge in [0.15, 0.2) is 0 Å². The minimum atomic E-state index is 0. The third kappa shape index (κ3) is 5.31. The molecule has 0 saturated carbocycles. The summed E-state index contributed by atoms with van der Waals surface area (Å²) in [5, 5.41) is 2.68. The van der Waals surface area contributed by atoms with Gasteiger partial charge in [-0.3, -0.25) is 4.79 Å². The molecule has 0 aromatic carbocycles. The van der Waals surface area contributed by atoms with Gasteiger partial charge < -0.3 is 10.3 Å². The van der Waals surface area contributed by atoms with Crippen molar-refractivity contribution in [1.29, 1.82) is 0 Å². The third-order valence-corrected chi connectivity index (χ3v) is 1.66. The standard InChI is InChI=1S/C5H7N.C4H7NO.ClH/c1-5-3-2-4-6-5;6-4-2-1-3-5-4;/h2-4,6H,1H3;1-3H2,(H,5,6);1H. The molecule has 2 heterocycles. The molecule has 1 aromatic rings. The highest BCUT2D eigenvalue weighted by Crippen LogP contribution is 1.93. The largest absolute Gasteiger partial charge is 0.365 e. The lowest BCUT2D eigenvalue weighted by Gasteiger charge is -1.80. The molecule has 2 N–H and O–H groups in total. The zero-order valence-electron chi connectivity index (χ0n) is 7.67. The average Bonchev–Trinajstić information content (AvgIpc) is 2.63. The Morgan fingerprint density at radius 2 is 2.23 bits per heavy atom. The van der Waals surface area contributed by atoms with E-state index in [1.165, 1.54) is 5.69 Å². The Kier molecular flexibility index (Phi) is 6.06. The molecule has 13 heavy (non-hydrogen) atoms. The Morgan fingerprint density at radius 1 is 1.46 bits per heavy atom. The van der Waals surface area contributed by atoms with Crippen LogP contribution in [-0.2, 0) is 4.79 Å². The van der Waals surface area contributed by atoms with Crippen molar-refractivity contribution in [2.75, 3.05) is 6.54 Å². The smallest absolute Gasteiger partial charge is 0.220 e. The maximum Gasteiger partial charge on any atom is 0.220 e. The van der Waals surface area contributed by atoms with Crippen LogP contribution in [0.25, 0.3) is 0 Å². The number of H-pyrrole nitrogens is 1. The van der Waals surface area contributed by atoms with Gasteiger partial charge in [-0.2, -0.15) is 0 Å². The van der Waals surface area contributed by atoms with E-state index in [0.717, 1.165) is 19.4 Å². The molecule has 1 amide bonds. The van der Waals surface area contributed by atoms with E-state index < -0.39 is 0 Å². The molecule has 4 heteroatoms. The number of hydrogen-bond acceptors (Lipinski definition) is 1. The maximum absolute atomic E-state index is 10.1. The van der Waals surface area contributed by atoms with Crippen molar-refractivity contribution >= 4 is 18.3 Å². The summed E-state index contributed by atoms with van der Waals surface area (Å²) in [4.78, 5) is 13.1. The normalized spacial score (nSPS) is 13.8. The fourth-order valence-electron chi connectivity index (χ4n) is 0.985. The quantitative estimate of drug-likeness (QED) is 0.660. The van der Waals surface area contributed by atoms with E-state index >= 15 is 0 Å². The van der Waals surface area contributed by atoms with Crippen LogP contribution in [0, 0.1) is 6.92 Å². The predicted molar refractivity (Wildman–Crippen MR) is 55.0 cm³/mol. The molecule has 0 atom stereocenters. The first kappa shape index (κ1) is 12.0. The second-order valence-corrected chi connectivity index (χ2v) is 2.81. The van der Waals surface area contributed by atoms with Crippen molar-refractivity contribution in [3.63, 3.8) is 0 Å². The third-order valence-electron chi connectivity index (χ3n) is 1.66. The van der Waals surface area contributed by atoms with E-state index in [2.05, 4.69) is 10.3 Å². The Balaban J connectivity index is 0.000000206. The Morgan fingerprint density at radius 3 is 2.38 bits per heavy atom. The lowest BCUT2D eigenvalue weighted by Crippen LogP contribution is -2.12. The number of hydrogen-bond donors (Lipinski definition) is 2. The number of carbonyl (C=O) groups is 1. The van der Waals surface area contributed by atoms with Crippen molar-refractivity contribution in [3.05, 3.63) is 24.0 Å². The Labute approximate surface area is 84.3 Å². The van der Waals surface area contributed by atoms with Crippen LogP contribution >= 0.6 is 12.4 Å². The lowest BCUT2D eigenvalue weighted by molar-refractivity contribution is -0.119. The lowest BCUT2D eigenvalue weighted by atomic mass is 10.4. The predicted octanol–water partition coefficient (Wildman–Crippen LogP) is 1.64. The van der Waals surface area contributed by atoms with Crippen molar-refractivity contribution in [1.82, 2.24) is 10.3 Å². The number of amides is 1. The van der Waals surface area contributed by atoms with Crippen molar-refractivity contribution < 1.29 is 4.79 Å². The van der Waals surface area contributed by atoms with E-state index in [9.17, 15) is 4.79 Å². The van der Waals surface area contributed by atoms with Gasteiger partial charge in [-0.05, 0) is 25.5 Å². The second-order valence-electron chi connectivity index (χ2n) is 2.81. The first-order chi connectivity index (χ1) is 5.79. The molecular formula is C9H15ClN2O. The first-order valence-corrected chi connectivity index (χ1v) is 4.16. The Bertz CT molecular complexity index is 226. The molecule has 1 fully saturated rings. The average molecular weight is 203 g/mol. The van der Waals surface area contributed by atoms with Gasteiger partial charge >= 0.3 is 0 Å². The molecule has 0 unspecified atom stereocenters. The Hall–Kier alpha value is -0.960. The molecule has 1 aliphatic rings. The molecule has 0 aliphatic carbocycles. The summed E-state index contributed by atoms with van der Waals surface area (Å²) >= 11 is 0. The summed E-state index contributed by atoms with van der Waals surface area (Å²) in [6, 6.07) is 4.01. The highest BCUT2D eigenvalue weighted by Gasteiger charge is 2.05. The van der Waals surface area contributed by atoms with Crippen LogP contribution in [-0.4, -0.2) is 17.4 Å². The zero-order chi connectivity index (χ0) is 8.81. The number of aromatic nitrogens is 1. The van der Waals surface area contributed by atoms with Crippen molar-refractivity contribution in [2.45, 2.75) is 19.8 Å². The highest BCUT2D eigenvalue weighted by molar-refractivity contribution is 5.85. The molecule has 74 valence electrons. The summed E-state index contributed by atoms with van der Waals surface area (Å²) in [5.41, 5.74) is 1.22. The summed E-state index contributed by atoms with van der Waals surface area (Å²) in [7, 11) is 0. The number of nitrogens with one attached hydrogen (secondary N) is 2. The fraction of sp³-hybridized carbons (Fsp3) is 0.444. The topological polar surface area (TPSA) is 44.9 Å². The van der Waals surface area contributed by atoms with Gasteiger partial charge in [-0.25, -0.2) is 0 Å². The van der Waals surface area contributed by atoms with Crippen LogP contribution in [0.1, 0.15) is 18.5 Å².